The highest BCUT2D eigenvalue weighted by molar-refractivity contribution is 5.88. The van der Waals surface area contributed by atoms with E-state index in [1.54, 1.807) is 12.4 Å². The van der Waals surface area contributed by atoms with Crippen molar-refractivity contribution in [3.05, 3.63) is 66.1 Å². The number of pyridine rings is 1. The lowest BCUT2D eigenvalue weighted by molar-refractivity contribution is -0.121. The Bertz CT molecular complexity index is 749. The van der Waals surface area contributed by atoms with Crippen molar-refractivity contribution in [2.75, 3.05) is 0 Å². The van der Waals surface area contributed by atoms with Gasteiger partial charge in [0.15, 0.2) is 0 Å². The molecule has 0 bridgehead atoms. The Morgan fingerprint density at radius 3 is 2.95 bits per heavy atom. The summed E-state index contributed by atoms with van der Waals surface area (Å²) in [6.07, 6.45) is 5.77. The Labute approximate surface area is 123 Å². The molecular formula is C17H17N3O. The number of aromatic amines is 1. The van der Waals surface area contributed by atoms with E-state index in [2.05, 4.69) is 15.3 Å². The third-order valence-corrected chi connectivity index (χ3v) is 3.59. The van der Waals surface area contributed by atoms with E-state index in [9.17, 15) is 4.79 Å². The first-order valence-electron chi connectivity index (χ1n) is 6.98. The zero-order chi connectivity index (χ0) is 14.7. The van der Waals surface area contributed by atoms with Crippen molar-refractivity contribution in [1.29, 1.82) is 0 Å². The van der Waals surface area contributed by atoms with Gasteiger partial charge in [0.1, 0.15) is 0 Å². The van der Waals surface area contributed by atoms with Crippen molar-refractivity contribution in [3.63, 3.8) is 0 Å². The van der Waals surface area contributed by atoms with Gasteiger partial charge in [0.2, 0.25) is 5.91 Å². The second kappa shape index (κ2) is 5.79. The molecule has 0 aliphatic carbocycles. The second-order valence-corrected chi connectivity index (χ2v) is 5.11. The molecule has 4 heteroatoms. The number of benzene rings is 1. The van der Waals surface area contributed by atoms with Crippen LogP contribution in [0.2, 0.25) is 0 Å². The van der Waals surface area contributed by atoms with Gasteiger partial charge in [0.05, 0.1) is 12.5 Å². The number of carbonyl (C=O) groups is 1. The Balaban J connectivity index is 1.69. The molecule has 0 aliphatic rings. The maximum atomic E-state index is 12.2. The van der Waals surface area contributed by atoms with Gasteiger partial charge in [-0.25, -0.2) is 0 Å². The van der Waals surface area contributed by atoms with Crippen LogP contribution in [0.1, 0.15) is 24.1 Å². The predicted octanol–water partition coefficient (Wildman–Crippen LogP) is 2.98. The number of nitrogens with one attached hydrogen (secondary N) is 2. The first-order valence-corrected chi connectivity index (χ1v) is 6.98. The third kappa shape index (κ3) is 2.94. The van der Waals surface area contributed by atoms with Crippen molar-refractivity contribution in [1.82, 2.24) is 15.3 Å². The fourth-order valence-corrected chi connectivity index (χ4v) is 2.46. The van der Waals surface area contributed by atoms with Crippen LogP contribution in [0.25, 0.3) is 10.9 Å². The Kier molecular flexibility index (Phi) is 3.69. The summed E-state index contributed by atoms with van der Waals surface area (Å²) >= 11 is 0. The highest BCUT2D eigenvalue weighted by Crippen LogP contribution is 2.18. The lowest BCUT2D eigenvalue weighted by atomic mass is 10.1. The smallest absolute Gasteiger partial charge is 0.224 e. The summed E-state index contributed by atoms with van der Waals surface area (Å²) in [5.41, 5.74) is 3.08. The van der Waals surface area contributed by atoms with Crippen LogP contribution in [-0.4, -0.2) is 15.9 Å². The average molecular weight is 279 g/mol. The minimum Gasteiger partial charge on any atom is -0.361 e. The summed E-state index contributed by atoms with van der Waals surface area (Å²) in [6.45, 7) is 1.96. The van der Waals surface area contributed by atoms with E-state index in [0.29, 0.717) is 6.42 Å². The van der Waals surface area contributed by atoms with Gasteiger partial charge in [0.25, 0.3) is 0 Å². The molecule has 4 nitrogen and oxygen atoms in total. The summed E-state index contributed by atoms with van der Waals surface area (Å²) in [5.74, 6) is 0.0103. The number of rotatable bonds is 4. The summed E-state index contributed by atoms with van der Waals surface area (Å²) in [6, 6.07) is 11.8. The van der Waals surface area contributed by atoms with Gasteiger partial charge in [-0.3, -0.25) is 9.78 Å². The topological polar surface area (TPSA) is 57.8 Å². The predicted molar refractivity (Wildman–Crippen MR) is 82.8 cm³/mol. The molecule has 1 atom stereocenters. The van der Waals surface area contributed by atoms with Gasteiger partial charge in [-0.2, -0.15) is 0 Å². The first-order chi connectivity index (χ1) is 10.2. The van der Waals surface area contributed by atoms with Crippen LogP contribution < -0.4 is 5.32 Å². The molecule has 2 heterocycles. The third-order valence-electron chi connectivity index (χ3n) is 3.59. The normalized spacial score (nSPS) is 12.2. The first kappa shape index (κ1) is 13.4. The molecule has 106 valence electrons. The minimum absolute atomic E-state index is 0.0103. The van der Waals surface area contributed by atoms with Crippen LogP contribution in [0, 0.1) is 0 Å². The Morgan fingerprint density at radius 1 is 1.29 bits per heavy atom. The van der Waals surface area contributed by atoms with E-state index in [0.717, 1.165) is 22.0 Å². The molecule has 0 unspecified atom stereocenters. The molecule has 3 aromatic rings. The zero-order valence-corrected chi connectivity index (χ0v) is 11.8. The second-order valence-electron chi connectivity index (χ2n) is 5.11. The number of carbonyl (C=O) groups excluding carboxylic acids is 1. The van der Waals surface area contributed by atoms with Crippen molar-refractivity contribution >= 4 is 16.8 Å². The number of hydrogen-bond donors (Lipinski definition) is 2. The van der Waals surface area contributed by atoms with Crippen molar-refractivity contribution < 1.29 is 4.79 Å². The highest BCUT2D eigenvalue weighted by Gasteiger charge is 2.12. The standard InChI is InChI=1S/C17H17N3O/c1-12(13-5-4-8-18-10-13)20-17(21)9-14-11-19-16-7-3-2-6-15(14)16/h2-8,10-12,19H,9H2,1H3,(H,20,21)/t12-/m0/s1. The maximum absolute atomic E-state index is 12.2. The summed E-state index contributed by atoms with van der Waals surface area (Å²) in [7, 11) is 0. The zero-order valence-electron chi connectivity index (χ0n) is 11.8. The Hall–Kier alpha value is -2.62. The van der Waals surface area contributed by atoms with Crippen molar-refractivity contribution in [2.24, 2.45) is 0 Å². The molecule has 2 N–H and O–H groups in total. The number of fused-ring (bicyclic) bond motifs is 1. The van der Waals surface area contributed by atoms with Crippen molar-refractivity contribution in [3.8, 4) is 0 Å². The number of amides is 1. The highest BCUT2D eigenvalue weighted by atomic mass is 16.1. The molecule has 0 fully saturated rings. The lowest BCUT2D eigenvalue weighted by Gasteiger charge is -2.13. The fraction of sp³-hybridized carbons (Fsp3) is 0.176. The monoisotopic (exact) mass is 279 g/mol. The van der Waals surface area contributed by atoms with E-state index in [4.69, 9.17) is 0 Å². The lowest BCUT2D eigenvalue weighted by Crippen LogP contribution is -2.28. The Morgan fingerprint density at radius 2 is 2.14 bits per heavy atom. The van der Waals surface area contributed by atoms with Crippen molar-refractivity contribution in [2.45, 2.75) is 19.4 Å². The van der Waals surface area contributed by atoms with Crippen LogP contribution in [0.5, 0.6) is 0 Å². The van der Waals surface area contributed by atoms with Crippen LogP contribution in [0.15, 0.2) is 55.0 Å². The van der Waals surface area contributed by atoms with Gasteiger partial charge in [-0.1, -0.05) is 24.3 Å². The molecular weight excluding hydrogens is 262 g/mol. The maximum Gasteiger partial charge on any atom is 0.224 e. The molecule has 0 radical (unpaired) electrons. The molecule has 0 aliphatic heterocycles. The van der Waals surface area contributed by atoms with Gasteiger partial charge in [0, 0.05) is 29.5 Å². The summed E-state index contributed by atoms with van der Waals surface area (Å²) in [5, 5.41) is 4.11. The number of H-pyrrole nitrogens is 1. The van der Waals surface area contributed by atoms with E-state index < -0.39 is 0 Å². The molecule has 3 rings (SSSR count). The average Bonchev–Trinajstić information content (AvgIpc) is 2.91. The number of para-hydroxylation sites is 1. The SMILES string of the molecule is C[C@H](NC(=O)Cc1c[nH]c2ccccc12)c1cccnc1. The van der Waals surface area contributed by atoms with E-state index >= 15 is 0 Å². The van der Waals surface area contributed by atoms with E-state index in [-0.39, 0.29) is 11.9 Å². The molecule has 1 amide bonds. The van der Waals surface area contributed by atoms with Gasteiger partial charge in [-0.15, -0.1) is 0 Å². The fourth-order valence-electron chi connectivity index (χ4n) is 2.46. The number of nitrogens with zero attached hydrogens (tertiary/aromatic N) is 1. The largest absolute Gasteiger partial charge is 0.361 e. The van der Waals surface area contributed by atoms with E-state index in [1.165, 1.54) is 0 Å². The molecule has 1 aromatic carbocycles. The minimum atomic E-state index is -0.0450. The van der Waals surface area contributed by atoms with Crippen LogP contribution in [-0.2, 0) is 11.2 Å². The van der Waals surface area contributed by atoms with E-state index in [1.807, 2.05) is 49.5 Å². The number of aromatic nitrogens is 2. The van der Waals surface area contributed by atoms with Crippen LogP contribution in [0.4, 0.5) is 0 Å². The van der Waals surface area contributed by atoms with Gasteiger partial charge in [-0.05, 0) is 30.2 Å². The van der Waals surface area contributed by atoms with Crippen LogP contribution >= 0.6 is 0 Å². The molecule has 0 spiro atoms. The molecule has 2 aromatic heterocycles. The number of hydrogen-bond acceptors (Lipinski definition) is 2. The van der Waals surface area contributed by atoms with Gasteiger partial charge < -0.3 is 10.3 Å². The molecule has 0 saturated carbocycles. The quantitative estimate of drug-likeness (QED) is 0.771. The summed E-state index contributed by atoms with van der Waals surface area (Å²) in [4.78, 5) is 19.5. The van der Waals surface area contributed by atoms with Gasteiger partial charge >= 0.3 is 0 Å². The molecule has 0 saturated heterocycles. The summed E-state index contributed by atoms with van der Waals surface area (Å²) < 4.78 is 0. The molecule has 21 heavy (non-hydrogen) atoms. The van der Waals surface area contributed by atoms with Crippen LogP contribution in [0.3, 0.4) is 0 Å².